The molecule has 0 saturated heterocycles. The number of nitrogens with one attached hydrogen (secondary N) is 1. The molecule has 6 nitrogen and oxygen atoms in total. The van der Waals surface area contributed by atoms with E-state index >= 15 is 0 Å². The minimum Gasteiger partial charge on any atom is -0.492 e. The number of amides is 1. The van der Waals surface area contributed by atoms with E-state index < -0.39 is 33.7 Å². The highest BCUT2D eigenvalue weighted by molar-refractivity contribution is 7.92. The first kappa shape index (κ1) is 22.5. The normalized spacial score (nSPS) is 12.9. The van der Waals surface area contributed by atoms with Crippen molar-refractivity contribution in [2.24, 2.45) is 0 Å². The van der Waals surface area contributed by atoms with Crippen LogP contribution in [0.2, 0.25) is 0 Å². The molecule has 0 aromatic heterocycles. The van der Waals surface area contributed by atoms with Gasteiger partial charge in [0.25, 0.3) is 0 Å². The second-order valence-electron chi connectivity index (χ2n) is 6.20. The molecule has 1 atom stereocenters. The Kier molecular flexibility index (Phi) is 6.78. The Bertz CT molecular complexity index is 977. The molecule has 0 aliphatic carbocycles. The SMILES string of the molecule is CCOc1ccccc1NC(=O)[C@@H](C)N(c1cccc(C(F)(F)F)c1)S(C)(=O)=O. The van der Waals surface area contributed by atoms with Crippen LogP contribution in [-0.4, -0.2) is 33.2 Å². The molecule has 0 spiro atoms. The quantitative estimate of drug-likeness (QED) is 0.723. The number of benzene rings is 2. The van der Waals surface area contributed by atoms with E-state index in [1.54, 1.807) is 31.2 Å². The van der Waals surface area contributed by atoms with Gasteiger partial charge < -0.3 is 10.1 Å². The molecule has 0 radical (unpaired) electrons. The molecule has 2 aromatic rings. The van der Waals surface area contributed by atoms with Gasteiger partial charge in [0.1, 0.15) is 11.8 Å². The number of para-hydroxylation sites is 2. The third kappa shape index (κ3) is 5.63. The number of halogens is 3. The first-order valence-corrected chi connectivity index (χ1v) is 10.5. The second kappa shape index (κ2) is 8.73. The van der Waals surface area contributed by atoms with Gasteiger partial charge in [-0.3, -0.25) is 9.10 Å². The van der Waals surface area contributed by atoms with Crippen LogP contribution in [0, 0.1) is 0 Å². The van der Waals surface area contributed by atoms with E-state index in [2.05, 4.69) is 5.32 Å². The summed E-state index contributed by atoms with van der Waals surface area (Å²) in [5.41, 5.74) is -0.954. The highest BCUT2D eigenvalue weighted by Gasteiger charge is 2.34. The summed E-state index contributed by atoms with van der Waals surface area (Å²) in [5.74, 6) is -0.333. The largest absolute Gasteiger partial charge is 0.492 e. The molecule has 2 rings (SSSR count). The van der Waals surface area contributed by atoms with Gasteiger partial charge in [0.15, 0.2) is 0 Å². The smallest absolute Gasteiger partial charge is 0.416 e. The van der Waals surface area contributed by atoms with Gasteiger partial charge in [-0.2, -0.15) is 13.2 Å². The molecule has 2 aromatic carbocycles. The number of ether oxygens (including phenoxy) is 1. The third-order valence-electron chi connectivity index (χ3n) is 3.96. The van der Waals surface area contributed by atoms with Gasteiger partial charge in [-0.25, -0.2) is 8.42 Å². The van der Waals surface area contributed by atoms with Crippen molar-refractivity contribution in [2.75, 3.05) is 22.5 Å². The van der Waals surface area contributed by atoms with Crippen LogP contribution in [0.5, 0.6) is 5.75 Å². The van der Waals surface area contributed by atoms with Gasteiger partial charge in [0.2, 0.25) is 15.9 Å². The number of sulfonamides is 1. The molecule has 0 aliphatic rings. The predicted molar refractivity (Wildman–Crippen MR) is 104 cm³/mol. The Morgan fingerprint density at radius 3 is 2.41 bits per heavy atom. The molecule has 0 heterocycles. The zero-order valence-electron chi connectivity index (χ0n) is 16.0. The van der Waals surface area contributed by atoms with Crippen molar-refractivity contribution in [1.29, 1.82) is 0 Å². The molecular formula is C19H21F3N2O4S. The van der Waals surface area contributed by atoms with E-state index in [1.165, 1.54) is 13.0 Å². The summed E-state index contributed by atoms with van der Waals surface area (Å²) in [7, 11) is -4.06. The van der Waals surface area contributed by atoms with Crippen molar-refractivity contribution in [3.8, 4) is 5.75 Å². The molecule has 10 heteroatoms. The van der Waals surface area contributed by atoms with Gasteiger partial charge in [-0.05, 0) is 44.2 Å². The molecule has 0 unspecified atom stereocenters. The van der Waals surface area contributed by atoms with Crippen molar-refractivity contribution in [3.63, 3.8) is 0 Å². The van der Waals surface area contributed by atoms with Crippen LogP contribution in [0.3, 0.4) is 0 Å². The molecule has 0 fully saturated rings. The monoisotopic (exact) mass is 430 g/mol. The average Bonchev–Trinajstić information content (AvgIpc) is 2.62. The van der Waals surface area contributed by atoms with Crippen molar-refractivity contribution in [1.82, 2.24) is 0 Å². The number of nitrogens with zero attached hydrogens (tertiary/aromatic N) is 1. The Balaban J connectivity index is 2.38. The topological polar surface area (TPSA) is 75.7 Å². The maximum absolute atomic E-state index is 13.0. The van der Waals surface area contributed by atoms with Gasteiger partial charge in [-0.15, -0.1) is 0 Å². The van der Waals surface area contributed by atoms with Crippen LogP contribution >= 0.6 is 0 Å². The van der Waals surface area contributed by atoms with Crippen molar-refractivity contribution >= 4 is 27.3 Å². The zero-order valence-corrected chi connectivity index (χ0v) is 16.8. The fourth-order valence-corrected chi connectivity index (χ4v) is 3.88. The maximum Gasteiger partial charge on any atom is 0.416 e. The molecular weight excluding hydrogens is 409 g/mol. The predicted octanol–water partition coefficient (Wildman–Crippen LogP) is 3.90. The van der Waals surface area contributed by atoms with E-state index in [0.717, 1.165) is 18.4 Å². The minimum absolute atomic E-state index is 0.261. The molecule has 0 aliphatic heterocycles. The third-order valence-corrected chi connectivity index (χ3v) is 5.20. The first-order chi connectivity index (χ1) is 13.4. The van der Waals surface area contributed by atoms with Crippen LogP contribution in [0.1, 0.15) is 19.4 Å². The number of carbonyl (C=O) groups is 1. The van der Waals surface area contributed by atoms with Gasteiger partial charge >= 0.3 is 6.18 Å². The van der Waals surface area contributed by atoms with E-state index in [1.807, 2.05) is 0 Å². The standard InChI is InChI=1S/C19H21F3N2O4S/c1-4-28-17-11-6-5-10-16(17)23-18(25)13(2)24(29(3,26)27)15-9-7-8-14(12-15)19(20,21)22/h5-13H,4H2,1-3H3,(H,23,25)/t13-/m1/s1. The van der Waals surface area contributed by atoms with Crippen molar-refractivity contribution in [3.05, 3.63) is 54.1 Å². The van der Waals surface area contributed by atoms with Crippen LogP contribution in [0.25, 0.3) is 0 Å². The number of carbonyl (C=O) groups excluding carboxylic acids is 1. The van der Waals surface area contributed by atoms with Crippen LogP contribution < -0.4 is 14.4 Å². The molecule has 158 valence electrons. The molecule has 1 amide bonds. The fourth-order valence-electron chi connectivity index (χ4n) is 2.72. The van der Waals surface area contributed by atoms with Crippen LogP contribution in [0.4, 0.5) is 24.5 Å². The zero-order chi connectivity index (χ0) is 21.8. The van der Waals surface area contributed by atoms with Crippen molar-refractivity contribution in [2.45, 2.75) is 26.1 Å². The lowest BCUT2D eigenvalue weighted by Gasteiger charge is -2.29. The number of anilines is 2. The lowest BCUT2D eigenvalue weighted by Crippen LogP contribution is -2.45. The van der Waals surface area contributed by atoms with E-state index in [9.17, 15) is 26.4 Å². The molecule has 0 bridgehead atoms. The van der Waals surface area contributed by atoms with Crippen LogP contribution in [0.15, 0.2) is 48.5 Å². The van der Waals surface area contributed by atoms with Gasteiger partial charge in [0, 0.05) is 0 Å². The number of alkyl halides is 3. The summed E-state index contributed by atoms with van der Waals surface area (Å²) >= 11 is 0. The van der Waals surface area contributed by atoms with Gasteiger partial charge in [0.05, 0.1) is 29.8 Å². The molecule has 1 N–H and O–H groups in total. The molecule has 0 saturated carbocycles. The van der Waals surface area contributed by atoms with Gasteiger partial charge in [-0.1, -0.05) is 18.2 Å². The summed E-state index contributed by atoms with van der Waals surface area (Å²) in [5, 5.41) is 2.57. The average molecular weight is 430 g/mol. The number of hydrogen-bond donors (Lipinski definition) is 1. The Labute approximate surface area is 167 Å². The maximum atomic E-state index is 13.0. The van der Waals surface area contributed by atoms with E-state index in [4.69, 9.17) is 4.74 Å². The fraction of sp³-hybridized carbons (Fsp3) is 0.316. The second-order valence-corrected chi connectivity index (χ2v) is 8.06. The summed E-state index contributed by atoms with van der Waals surface area (Å²) in [4.78, 5) is 12.7. The first-order valence-electron chi connectivity index (χ1n) is 8.64. The lowest BCUT2D eigenvalue weighted by atomic mass is 10.1. The molecule has 29 heavy (non-hydrogen) atoms. The summed E-state index contributed by atoms with van der Waals surface area (Å²) in [6.07, 6.45) is -3.83. The minimum atomic E-state index is -4.65. The summed E-state index contributed by atoms with van der Waals surface area (Å²) < 4.78 is 69.8. The van der Waals surface area contributed by atoms with Crippen LogP contribution in [-0.2, 0) is 21.0 Å². The van der Waals surface area contributed by atoms with Crippen molar-refractivity contribution < 1.29 is 31.1 Å². The lowest BCUT2D eigenvalue weighted by molar-refractivity contribution is -0.137. The number of hydrogen-bond acceptors (Lipinski definition) is 4. The number of rotatable bonds is 7. The van der Waals surface area contributed by atoms with E-state index in [0.29, 0.717) is 28.4 Å². The Morgan fingerprint density at radius 2 is 1.83 bits per heavy atom. The summed E-state index contributed by atoms with van der Waals surface area (Å²) in [6.45, 7) is 3.41. The Morgan fingerprint density at radius 1 is 1.17 bits per heavy atom. The summed E-state index contributed by atoms with van der Waals surface area (Å²) in [6, 6.07) is 9.06. The highest BCUT2D eigenvalue weighted by Crippen LogP contribution is 2.33. The highest BCUT2D eigenvalue weighted by atomic mass is 32.2. The Hall–Kier alpha value is -2.75. The van der Waals surface area contributed by atoms with E-state index in [-0.39, 0.29) is 5.69 Å².